The molecule has 1 heterocycles. The lowest BCUT2D eigenvalue weighted by Crippen LogP contribution is -2.56. The number of hydrogen-bond acceptors (Lipinski definition) is 2. The van der Waals surface area contributed by atoms with Crippen LogP contribution in [0.1, 0.15) is 27.2 Å². The molecular weight excluding hydrogens is 233 g/mol. The molecular formula is C11H19F3N2O. The van der Waals surface area contributed by atoms with Crippen molar-refractivity contribution >= 4 is 5.91 Å². The fraction of sp³-hybridized carbons (Fsp3) is 0.909. The second-order valence-electron chi connectivity index (χ2n) is 5.72. The molecule has 1 rings (SSSR count). The van der Waals surface area contributed by atoms with Gasteiger partial charge in [0.1, 0.15) is 6.04 Å². The van der Waals surface area contributed by atoms with Crippen LogP contribution >= 0.6 is 0 Å². The summed E-state index contributed by atoms with van der Waals surface area (Å²) < 4.78 is 38.3. The number of nitrogens with one attached hydrogen (secondary N) is 2. The molecule has 0 bridgehead atoms. The third-order valence-electron chi connectivity index (χ3n) is 2.68. The molecule has 1 atom stereocenters. The largest absolute Gasteiger partial charge is 0.408 e. The summed E-state index contributed by atoms with van der Waals surface area (Å²) in [6.07, 6.45) is -4.50. The molecule has 1 saturated heterocycles. The van der Waals surface area contributed by atoms with Crippen LogP contribution in [0.4, 0.5) is 13.2 Å². The maximum absolute atomic E-state index is 12.8. The van der Waals surface area contributed by atoms with Crippen LogP contribution in [0.2, 0.25) is 0 Å². The van der Waals surface area contributed by atoms with Gasteiger partial charge in [0.25, 0.3) is 0 Å². The van der Waals surface area contributed by atoms with Gasteiger partial charge in [0.2, 0.25) is 5.91 Å². The van der Waals surface area contributed by atoms with E-state index in [1.165, 1.54) is 0 Å². The molecule has 0 aromatic carbocycles. The number of carbonyl (C=O) groups is 1. The van der Waals surface area contributed by atoms with Crippen LogP contribution in [-0.4, -0.2) is 31.2 Å². The Morgan fingerprint density at radius 3 is 2.18 bits per heavy atom. The topological polar surface area (TPSA) is 41.1 Å². The van der Waals surface area contributed by atoms with Gasteiger partial charge in [-0.15, -0.1) is 0 Å². The summed E-state index contributed by atoms with van der Waals surface area (Å²) in [6.45, 7) is 6.10. The number of hydrogen-bond donors (Lipinski definition) is 2. The highest BCUT2D eigenvalue weighted by atomic mass is 19.4. The Bertz CT molecular complexity index is 279. The van der Waals surface area contributed by atoms with Crippen LogP contribution in [0.25, 0.3) is 0 Å². The predicted molar refractivity (Wildman–Crippen MR) is 58.4 cm³/mol. The third kappa shape index (κ3) is 4.53. The standard InChI is InChI=1S/C11H19F3N2O/c1-10(2,3)4-8(11(12,13)14)16-9(17)7-5-15-6-7/h7-8,15H,4-6H2,1-3H3,(H,16,17). The van der Waals surface area contributed by atoms with Crippen molar-refractivity contribution in [1.29, 1.82) is 0 Å². The van der Waals surface area contributed by atoms with Crippen molar-refractivity contribution in [2.45, 2.75) is 39.4 Å². The number of rotatable bonds is 3. The minimum atomic E-state index is -4.39. The minimum Gasteiger partial charge on any atom is -0.344 e. The van der Waals surface area contributed by atoms with Gasteiger partial charge >= 0.3 is 6.18 Å². The molecule has 1 amide bonds. The van der Waals surface area contributed by atoms with Crippen LogP contribution in [0.15, 0.2) is 0 Å². The molecule has 0 aliphatic carbocycles. The average molecular weight is 252 g/mol. The summed E-state index contributed by atoms with van der Waals surface area (Å²) in [7, 11) is 0. The zero-order chi connectivity index (χ0) is 13.3. The lowest BCUT2D eigenvalue weighted by molar-refractivity contribution is -0.168. The predicted octanol–water partition coefficient (Wildman–Crippen LogP) is 1.69. The third-order valence-corrected chi connectivity index (χ3v) is 2.68. The van der Waals surface area contributed by atoms with E-state index in [1.807, 2.05) is 0 Å². The van der Waals surface area contributed by atoms with Crippen molar-refractivity contribution in [3.05, 3.63) is 0 Å². The van der Waals surface area contributed by atoms with Crippen LogP contribution in [0.3, 0.4) is 0 Å². The van der Waals surface area contributed by atoms with Crippen molar-refractivity contribution in [3.63, 3.8) is 0 Å². The molecule has 6 heteroatoms. The van der Waals surface area contributed by atoms with Crippen molar-refractivity contribution in [2.75, 3.05) is 13.1 Å². The van der Waals surface area contributed by atoms with Crippen LogP contribution < -0.4 is 10.6 Å². The van der Waals surface area contributed by atoms with Gasteiger partial charge in [-0.25, -0.2) is 0 Å². The molecule has 17 heavy (non-hydrogen) atoms. The van der Waals surface area contributed by atoms with E-state index in [0.717, 1.165) is 0 Å². The van der Waals surface area contributed by atoms with Crippen molar-refractivity contribution in [3.8, 4) is 0 Å². The SMILES string of the molecule is CC(C)(C)CC(NC(=O)C1CNC1)C(F)(F)F. The van der Waals surface area contributed by atoms with Crippen molar-refractivity contribution in [1.82, 2.24) is 10.6 Å². The number of carbonyl (C=O) groups excluding carboxylic acids is 1. The van der Waals surface area contributed by atoms with Gasteiger partial charge in [-0.05, 0) is 11.8 Å². The normalized spacial score (nSPS) is 19.6. The summed E-state index contributed by atoms with van der Waals surface area (Å²) in [6, 6.07) is -1.75. The molecule has 0 aromatic rings. The quantitative estimate of drug-likeness (QED) is 0.802. The lowest BCUT2D eigenvalue weighted by Gasteiger charge is -2.32. The minimum absolute atomic E-state index is 0.109. The second kappa shape index (κ2) is 4.84. The first-order valence-electron chi connectivity index (χ1n) is 5.67. The van der Waals surface area contributed by atoms with Gasteiger partial charge in [0.05, 0.1) is 5.92 Å². The van der Waals surface area contributed by atoms with Gasteiger partial charge in [0.15, 0.2) is 0 Å². The summed E-state index contributed by atoms with van der Waals surface area (Å²) >= 11 is 0. The Morgan fingerprint density at radius 2 is 1.88 bits per heavy atom. The molecule has 100 valence electrons. The first-order valence-corrected chi connectivity index (χ1v) is 5.67. The lowest BCUT2D eigenvalue weighted by atomic mass is 9.87. The maximum atomic E-state index is 12.8. The zero-order valence-electron chi connectivity index (χ0n) is 10.3. The first-order chi connectivity index (χ1) is 7.59. The molecule has 1 aliphatic rings. The molecule has 1 unspecified atom stereocenters. The van der Waals surface area contributed by atoms with Gasteiger partial charge in [-0.3, -0.25) is 4.79 Å². The van der Waals surface area contributed by atoms with Crippen LogP contribution in [0, 0.1) is 11.3 Å². The Kier molecular flexibility index (Phi) is 4.06. The molecule has 0 spiro atoms. The number of halogens is 3. The average Bonchev–Trinajstić information content (AvgIpc) is 1.94. The Balaban J connectivity index is 2.60. The van der Waals surface area contributed by atoms with Crippen molar-refractivity contribution < 1.29 is 18.0 Å². The van der Waals surface area contributed by atoms with E-state index in [1.54, 1.807) is 20.8 Å². The smallest absolute Gasteiger partial charge is 0.344 e. The second-order valence-corrected chi connectivity index (χ2v) is 5.72. The fourth-order valence-corrected chi connectivity index (χ4v) is 1.62. The van der Waals surface area contributed by atoms with Gasteiger partial charge in [-0.2, -0.15) is 13.2 Å². The molecule has 1 aliphatic heterocycles. The van der Waals surface area contributed by atoms with Gasteiger partial charge < -0.3 is 10.6 Å². The van der Waals surface area contributed by atoms with Crippen molar-refractivity contribution in [2.24, 2.45) is 11.3 Å². The fourth-order valence-electron chi connectivity index (χ4n) is 1.62. The van der Waals surface area contributed by atoms with E-state index >= 15 is 0 Å². The van der Waals surface area contributed by atoms with E-state index in [4.69, 9.17) is 0 Å². The zero-order valence-corrected chi connectivity index (χ0v) is 10.3. The molecule has 0 aromatic heterocycles. The van der Waals surface area contributed by atoms with E-state index in [0.29, 0.717) is 13.1 Å². The monoisotopic (exact) mass is 252 g/mol. The molecule has 1 fully saturated rings. The van der Waals surface area contributed by atoms with Crippen LogP contribution in [0.5, 0.6) is 0 Å². The molecule has 0 saturated carbocycles. The van der Waals surface area contributed by atoms with E-state index in [-0.39, 0.29) is 12.3 Å². The highest BCUT2D eigenvalue weighted by molar-refractivity contribution is 5.80. The van der Waals surface area contributed by atoms with E-state index in [2.05, 4.69) is 10.6 Å². The molecule has 2 N–H and O–H groups in total. The maximum Gasteiger partial charge on any atom is 0.408 e. The van der Waals surface area contributed by atoms with E-state index < -0.39 is 23.5 Å². The first kappa shape index (κ1) is 14.3. The highest BCUT2D eigenvalue weighted by Gasteiger charge is 2.43. The Labute approximate surface area is 99.1 Å². The number of alkyl halides is 3. The van der Waals surface area contributed by atoms with Crippen LogP contribution in [-0.2, 0) is 4.79 Å². The molecule has 0 radical (unpaired) electrons. The van der Waals surface area contributed by atoms with E-state index in [9.17, 15) is 18.0 Å². The summed E-state index contributed by atoms with van der Waals surface area (Å²) in [5, 5.41) is 4.97. The Hall–Kier alpha value is -0.780. The summed E-state index contributed by atoms with van der Waals surface area (Å²) in [4.78, 5) is 11.5. The van der Waals surface area contributed by atoms with Gasteiger partial charge in [-0.1, -0.05) is 20.8 Å². The highest BCUT2D eigenvalue weighted by Crippen LogP contribution is 2.30. The number of amides is 1. The summed E-state index contributed by atoms with van der Waals surface area (Å²) in [5.41, 5.74) is -0.481. The molecule has 3 nitrogen and oxygen atoms in total. The van der Waals surface area contributed by atoms with Gasteiger partial charge in [0, 0.05) is 13.1 Å². The Morgan fingerprint density at radius 1 is 1.35 bits per heavy atom. The summed E-state index contributed by atoms with van der Waals surface area (Å²) in [5.74, 6) is -0.824.